The lowest BCUT2D eigenvalue weighted by Crippen LogP contribution is -2.40. The van der Waals surface area contributed by atoms with Gasteiger partial charge < -0.3 is 10.0 Å². The van der Waals surface area contributed by atoms with Gasteiger partial charge in [-0.25, -0.2) is 8.42 Å². The smallest absolute Gasteiger partial charge is 0.153 e. The molecule has 82 valence electrons. The fourth-order valence-electron chi connectivity index (χ4n) is 1.66. The van der Waals surface area contributed by atoms with Gasteiger partial charge in [0.25, 0.3) is 0 Å². The number of hydrogen-bond acceptors (Lipinski definition) is 4. The molecule has 1 heterocycles. The van der Waals surface area contributed by atoms with Crippen LogP contribution < -0.4 is 4.90 Å². The lowest BCUT2D eigenvalue weighted by Gasteiger charge is -2.28. The first-order chi connectivity index (χ1) is 7.07. The molecule has 0 spiro atoms. The van der Waals surface area contributed by atoms with Crippen molar-refractivity contribution in [2.75, 3.05) is 29.5 Å². The summed E-state index contributed by atoms with van der Waals surface area (Å²) in [5.74, 6) is 0.603. The lowest BCUT2D eigenvalue weighted by atomic mass is 10.2. The van der Waals surface area contributed by atoms with E-state index < -0.39 is 9.84 Å². The van der Waals surface area contributed by atoms with E-state index in [4.69, 9.17) is 0 Å². The highest BCUT2D eigenvalue weighted by molar-refractivity contribution is 7.91. The molecule has 0 atom stereocenters. The van der Waals surface area contributed by atoms with Gasteiger partial charge in [0, 0.05) is 24.8 Å². The minimum atomic E-state index is -2.84. The molecule has 1 aliphatic heterocycles. The SMILES string of the molecule is O=S1(=O)CCN(c2cccc(O)c2)CC1. The van der Waals surface area contributed by atoms with Gasteiger partial charge in [0.2, 0.25) is 0 Å². The van der Waals surface area contributed by atoms with E-state index in [9.17, 15) is 13.5 Å². The molecule has 1 N–H and O–H groups in total. The van der Waals surface area contributed by atoms with Gasteiger partial charge in [-0.05, 0) is 12.1 Å². The number of benzene rings is 1. The van der Waals surface area contributed by atoms with E-state index in [2.05, 4.69) is 0 Å². The zero-order valence-electron chi connectivity index (χ0n) is 8.26. The van der Waals surface area contributed by atoms with Gasteiger partial charge in [-0.15, -0.1) is 0 Å². The van der Waals surface area contributed by atoms with Crippen LogP contribution in [0.5, 0.6) is 5.75 Å². The Morgan fingerprint density at radius 2 is 1.87 bits per heavy atom. The van der Waals surface area contributed by atoms with E-state index in [1.807, 2.05) is 11.0 Å². The number of hydrogen-bond donors (Lipinski definition) is 1. The highest BCUT2D eigenvalue weighted by Gasteiger charge is 2.21. The minimum absolute atomic E-state index is 0.197. The maximum atomic E-state index is 11.2. The largest absolute Gasteiger partial charge is 0.508 e. The normalized spacial score (nSPS) is 20.1. The zero-order valence-corrected chi connectivity index (χ0v) is 9.07. The number of rotatable bonds is 1. The van der Waals surface area contributed by atoms with Crippen LogP contribution in [0.4, 0.5) is 5.69 Å². The first-order valence-electron chi connectivity index (χ1n) is 4.81. The Hall–Kier alpha value is -1.23. The molecule has 15 heavy (non-hydrogen) atoms. The van der Waals surface area contributed by atoms with Gasteiger partial charge in [0.15, 0.2) is 9.84 Å². The number of anilines is 1. The van der Waals surface area contributed by atoms with Crippen molar-refractivity contribution in [3.05, 3.63) is 24.3 Å². The maximum absolute atomic E-state index is 11.2. The van der Waals surface area contributed by atoms with Crippen LogP contribution in [0.25, 0.3) is 0 Å². The monoisotopic (exact) mass is 227 g/mol. The van der Waals surface area contributed by atoms with Gasteiger partial charge in [0.05, 0.1) is 11.5 Å². The highest BCUT2D eigenvalue weighted by atomic mass is 32.2. The Bertz CT molecular complexity index is 441. The third-order valence-corrected chi connectivity index (χ3v) is 4.15. The second-order valence-corrected chi connectivity index (χ2v) is 5.96. The van der Waals surface area contributed by atoms with Crippen molar-refractivity contribution in [2.45, 2.75) is 0 Å². The Balaban J connectivity index is 2.14. The minimum Gasteiger partial charge on any atom is -0.508 e. The molecular weight excluding hydrogens is 214 g/mol. The van der Waals surface area contributed by atoms with Crippen LogP contribution in [0.2, 0.25) is 0 Å². The Morgan fingerprint density at radius 1 is 1.20 bits per heavy atom. The van der Waals surface area contributed by atoms with E-state index in [1.165, 1.54) is 0 Å². The fourth-order valence-corrected chi connectivity index (χ4v) is 2.86. The molecule has 2 rings (SSSR count). The van der Waals surface area contributed by atoms with Crippen LogP contribution in [0.15, 0.2) is 24.3 Å². The second kappa shape index (κ2) is 3.73. The topological polar surface area (TPSA) is 57.6 Å². The van der Waals surface area contributed by atoms with Crippen molar-refractivity contribution >= 4 is 15.5 Å². The summed E-state index contributed by atoms with van der Waals surface area (Å²) in [6.07, 6.45) is 0. The molecule has 0 saturated carbocycles. The van der Waals surface area contributed by atoms with Crippen LogP contribution in [0.3, 0.4) is 0 Å². The predicted molar refractivity (Wildman–Crippen MR) is 59.0 cm³/mol. The molecule has 1 aromatic carbocycles. The quantitative estimate of drug-likeness (QED) is 0.764. The molecule has 0 aromatic heterocycles. The number of sulfone groups is 1. The summed E-state index contributed by atoms with van der Waals surface area (Å²) in [7, 11) is -2.84. The summed E-state index contributed by atoms with van der Waals surface area (Å²) in [5, 5.41) is 9.30. The average molecular weight is 227 g/mol. The molecule has 0 bridgehead atoms. The van der Waals surface area contributed by atoms with E-state index in [1.54, 1.807) is 18.2 Å². The summed E-state index contributed by atoms with van der Waals surface area (Å²) < 4.78 is 22.4. The van der Waals surface area contributed by atoms with Crippen molar-refractivity contribution in [3.8, 4) is 5.75 Å². The Labute approximate surface area is 89.1 Å². The lowest BCUT2D eigenvalue weighted by molar-refractivity contribution is 0.475. The first-order valence-corrected chi connectivity index (χ1v) is 6.63. The summed E-state index contributed by atoms with van der Waals surface area (Å²) in [6.45, 7) is 1.01. The molecule has 5 heteroatoms. The zero-order chi connectivity index (χ0) is 10.9. The van der Waals surface area contributed by atoms with E-state index in [0.29, 0.717) is 13.1 Å². The molecule has 4 nitrogen and oxygen atoms in total. The first kappa shape index (κ1) is 10.3. The molecule has 1 aliphatic rings. The fraction of sp³-hybridized carbons (Fsp3) is 0.400. The van der Waals surface area contributed by atoms with Crippen LogP contribution in [-0.4, -0.2) is 38.1 Å². The van der Waals surface area contributed by atoms with Gasteiger partial charge in [0.1, 0.15) is 5.75 Å². The Kier molecular flexibility index (Phi) is 2.56. The number of phenolic OH excluding ortho intramolecular Hbond substituents is 1. The van der Waals surface area contributed by atoms with Gasteiger partial charge in [-0.1, -0.05) is 6.07 Å². The van der Waals surface area contributed by atoms with Gasteiger partial charge >= 0.3 is 0 Å². The van der Waals surface area contributed by atoms with E-state index in [0.717, 1.165) is 5.69 Å². The number of phenols is 1. The van der Waals surface area contributed by atoms with E-state index in [-0.39, 0.29) is 17.3 Å². The van der Waals surface area contributed by atoms with Crippen LogP contribution >= 0.6 is 0 Å². The van der Waals surface area contributed by atoms with Crippen LogP contribution in [0, 0.1) is 0 Å². The molecule has 0 radical (unpaired) electrons. The van der Waals surface area contributed by atoms with E-state index >= 15 is 0 Å². The molecule has 1 saturated heterocycles. The predicted octanol–water partition coefficient (Wildman–Crippen LogP) is 0.627. The summed E-state index contributed by atoms with van der Waals surface area (Å²) in [6, 6.07) is 6.88. The van der Waals surface area contributed by atoms with Crippen molar-refractivity contribution in [1.29, 1.82) is 0 Å². The van der Waals surface area contributed by atoms with Gasteiger partial charge in [-0.3, -0.25) is 0 Å². The van der Waals surface area contributed by atoms with Crippen molar-refractivity contribution in [1.82, 2.24) is 0 Å². The molecule has 0 aliphatic carbocycles. The summed E-state index contributed by atoms with van der Waals surface area (Å²) in [4.78, 5) is 1.97. The average Bonchev–Trinajstić information content (AvgIpc) is 2.17. The number of aromatic hydroxyl groups is 1. The Morgan fingerprint density at radius 3 is 2.47 bits per heavy atom. The molecule has 0 unspecified atom stereocenters. The van der Waals surface area contributed by atoms with Crippen molar-refractivity contribution < 1.29 is 13.5 Å². The molecule has 1 aromatic rings. The molecule has 1 fully saturated rings. The molecular formula is C10H13NO3S. The van der Waals surface area contributed by atoms with Crippen LogP contribution in [0.1, 0.15) is 0 Å². The van der Waals surface area contributed by atoms with Gasteiger partial charge in [-0.2, -0.15) is 0 Å². The third kappa shape index (κ3) is 2.41. The van der Waals surface area contributed by atoms with Crippen LogP contribution in [-0.2, 0) is 9.84 Å². The molecule has 0 amide bonds. The highest BCUT2D eigenvalue weighted by Crippen LogP contribution is 2.21. The standard InChI is InChI=1S/C10H13NO3S/c12-10-3-1-2-9(8-10)11-4-6-15(13,14)7-5-11/h1-3,8,12H,4-7H2. The maximum Gasteiger partial charge on any atom is 0.153 e. The summed E-state index contributed by atoms with van der Waals surface area (Å²) in [5.41, 5.74) is 0.880. The van der Waals surface area contributed by atoms with Crippen molar-refractivity contribution in [2.24, 2.45) is 0 Å². The third-order valence-electron chi connectivity index (χ3n) is 2.54. The second-order valence-electron chi connectivity index (χ2n) is 3.66. The number of nitrogens with zero attached hydrogens (tertiary/aromatic N) is 1. The van der Waals surface area contributed by atoms with Crippen molar-refractivity contribution in [3.63, 3.8) is 0 Å². The summed E-state index contributed by atoms with van der Waals surface area (Å²) >= 11 is 0.